The molecule has 120 valence electrons. The van der Waals surface area contributed by atoms with Gasteiger partial charge in [0.2, 0.25) is 0 Å². The lowest BCUT2D eigenvalue weighted by Gasteiger charge is -2.19. The van der Waals surface area contributed by atoms with E-state index in [1.165, 1.54) is 54.3 Å². The van der Waals surface area contributed by atoms with Crippen molar-refractivity contribution in [1.29, 1.82) is 0 Å². The van der Waals surface area contributed by atoms with Crippen LogP contribution in [0.2, 0.25) is 0 Å². The highest BCUT2D eigenvalue weighted by Crippen LogP contribution is 2.32. The Morgan fingerprint density at radius 3 is 2.91 bits per heavy atom. The Labute approximate surface area is 133 Å². The highest BCUT2D eigenvalue weighted by atomic mass is 16.3. The van der Waals surface area contributed by atoms with Gasteiger partial charge in [0.05, 0.1) is 12.6 Å². The van der Waals surface area contributed by atoms with Crippen molar-refractivity contribution in [2.75, 3.05) is 13.1 Å². The van der Waals surface area contributed by atoms with Gasteiger partial charge in [-0.15, -0.1) is 0 Å². The standard InChI is InChI=1S/C19H28N2O/c1-2-3-12-20-13-15(22)14-21-18-10-6-4-8-16(18)17-9-5-7-11-19(17)21/h4,6,8,10,15,20,22H,2-3,5,7,9,11-14H2,1H3. The largest absolute Gasteiger partial charge is 0.390 e. The maximum atomic E-state index is 10.4. The van der Waals surface area contributed by atoms with Gasteiger partial charge in [0, 0.05) is 23.1 Å². The maximum absolute atomic E-state index is 10.4. The van der Waals surface area contributed by atoms with Crippen molar-refractivity contribution < 1.29 is 5.11 Å². The zero-order valence-corrected chi connectivity index (χ0v) is 13.6. The number of unbranched alkanes of at least 4 members (excludes halogenated alkanes) is 1. The van der Waals surface area contributed by atoms with Crippen LogP contribution in [0.5, 0.6) is 0 Å². The molecule has 0 bridgehead atoms. The molecule has 0 amide bonds. The summed E-state index contributed by atoms with van der Waals surface area (Å²) < 4.78 is 2.37. The molecule has 1 aromatic carbocycles. The number of nitrogens with one attached hydrogen (secondary N) is 1. The highest BCUT2D eigenvalue weighted by molar-refractivity contribution is 5.85. The third-order valence-corrected chi connectivity index (χ3v) is 4.76. The van der Waals surface area contributed by atoms with E-state index in [1.807, 2.05) is 0 Å². The molecular formula is C19H28N2O. The van der Waals surface area contributed by atoms with Crippen molar-refractivity contribution >= 4 is 10.9 Å². The molecule has 3 rings (SSSR count). The quantitative estimate of drug-likeness (QED) is 0.770. The summed E-state index contributed by atoms with van der Waals surface area (Å²) in [6.45, 7) is 4.57. The van der Waals surface area contributed by atoms with Crippen LogP contribution in [0, 0.1) is 0 Å². The maximum Gasteiger partial charge on any atom is 0.0843 e. The molecule has 1 atom stereocenters. The van der Waals surface area contributed by atoms with E-state index < -0.39 is 0 Å². The monoisotopic (exact) mass is 300 g/mol. The first-order valence-corrected chi connectivity index (χ1v) is 8.79. The Morgan fingerprint density at radius 2 is 2.05 bits per heavy atom. The number of fused-ring (bicyclic) bond motifs is 3. The molecule has 0 spiro atoms. The van der Waals surface area contributed by atoms with Crippen LogP contribution in [0.4, 0.5) is 0 Å². The molecule has 2 N–H and O–H groups in total. The number of nitrogens with zero attached hydrogens (tertiary/aromatic N) is 1. The molecule has 0 saturated heterocycles. The first kappa shape index (κ1) is 15.6. The number of aliphatic hydroxyl groups is 1. The van der Waals surface area contributed by atoms with Crippen molar-refractivity contribution in [2.24, 2.45) is 0 Å². The molecule has 1 unspecified atom stereocenters. The van der Waals surface area contributed by atoms with Crippen molar-refractivity contribution in [1.82, 2.24) is 9.88 Å². The van der Waals surface area contributed by atoms with Crippen molar-refractivity contribution in [2.45, 2.75) is 58.1 Å². The first-order valence-electron chi connectivity index (χ1n) is 8.79. The SMILES string of the molecule is CCCCNCC(O)Cn1c2c(c3ccccc31)CCCC2. The number of benzene rings is 1. The van der Waals surface area contributed by atoms with Gasteiger partial charge < -0.3 is 15.0 Å². The zero-order valence-electron chi connectivity index (χ0n) is 13.6. The number of rotatable bonds is 7. The van der Waals surface area contributed by atoms with E-state index in [-0.39, 0.29) is 6.10 Å². The zero-order chi connectivity index (χ0) is 15.4. The molecule has 1 aliphatic rings. The molecule has 2 aromatic rings. The van der Waals surface area contributed by atoms with Gasteiger partial charge in [-0.3, -0.25) is 0 Å². The average Bonchev–Trinajstić information content (AvgIpc) is 2.87. The fourth-order valence-corrected chi connectivity index (χ4v) is 3.64. The minimum absolute atomic E-state index is 0.321. The van der Waals surface area contributed by atoms with Crippen LogP contribution < -0.4 is 5.32 Å². The van der Waals surface area contributed by atoms with Gasteiger partial charge in [0.15, 0.2) is 0 Å². The molecule has 0 aliphatic heterocycles. The fourth-order valence-electron chi connectivity index (χ4n) is 3.64. The fraction of sp³-hybridized carbons (Fsp3) is 0.579. The van der Waals surface area contributed by atoms with Gasteiger partial charge >= 0.3 is 0 Å². The van der Waals surface area contributed by atoms with Crippen LogP contribution in [0.1, 0.15) is 43.9 Å². The molecule has 3 nitrogen and oxygen atoms in total. The van der Waals surface area contributed by atoms with E-state index in [2.05, 4.69) is 41.1 Å². The summed E-state index contributed by atoms with van der Waals surface area (Å²) in [5.74, 6) is 0. The third-order valence-electron chi connectivity index (χ3n) is 4.76. The van der Waals surface area contributed by atoms with Gasteiger partial charge in [-0.2, -0.15) is 0 Å². The Balaban J connectivity index is 1.78. The Bertz CT molecular complexity index is 617. The number of aliphatic hydroxyl groups excluding tert-OH is 1. The van der Waals surface area contributed by atoms with Gasteiger partial charge in [-0.05, 0) is 50.3 Å². The normalized spacial score (nSPS) is 15.9. The predicted molar refractivity (Wildman–Crippen MR) is 92.4 cm³/mol. The van der Waals surface area contributed by atoms with Gasteiger partial charge in [0.1, 0.15) is 0 Å². The van der Waals surface area contributed by atoms with E-state index >= 15 is 0 Å². The minimum Gasteiger partial charge on any atom is -0.390 e. The number of para-hydroxylation sites is 1. The number of hydrogen-bond acceptors (Lipinski definition) is 2. The van der Waals surface area contributed by atoms with Crippen LogP contribution in [-0.2, 0) is 19.4 Å². The Morgan fingerprint density at radius 1 is 1.23 bits per heavy atom. The van der Waals surface area contributed by atoms with Crippen LogP contribution in [0.25, 0.3) is 10.9 Å². The summed E-state index contributed by atoms with van der Waals surface area (Å²) in [7, 11) is 0. The van der Waals surface area contributed by atoms with E-state index in [4.69, 9.17) is 0 Å². The van der Waals surface area contributed by atoms with Gasteiger partial charge in [-0.25, -0.2) is 0 Å². The van der Waals surface area contributed by atoms with Crippen LogP contribution in [-0.4, -0.2) is 28.9 Å². The summed E-state index contributed by atoms with van der Waals surface area (Å²) in [6.07, 6.45) is 6.95. The summed E-state index contributed by atoms with van der Waals surface area (Å²) in [5, 5.41) is 15.2. The van der Waals surface area contributed by atoms with Crippen LogP contribution in [0.15, 0.2) is 24.3 Å². The van der Waals surface area contributed by atoms with E-state index in [0.717, 1.165) is 13.0 Å². The molecule has 0 saturated carbocycles. The molecule has 22 heavy (non-hydrogen) atoms. The second-order valence-electron chi connectivity index (χ2n) is 6.47. The average molecular weight is 300 g/mol. The lowest BCUT2D eigenvalue weighted by Crippen LogP contribution is -2.31. The first-order chi connectivity index (χ1) is 10.8. The van der Waals surface area contributed by atoms with Crippen molar-refractivity contribution in [3.63, 3.8) is 0 Å². The molecule has 0 radical (unpaired) electrons. The smallest absolute Gasteiger partial charge is 0.0843 e. The molecule has 3 heteroatoms. The lowest BCUT2D eigenvalue weighted by atomic mass is 9.95. The Kier molecular flexibility index (Phi) is 5.16. The molecule has 1 aromatic heterocycles. The number of aryl methyl sites for hydroxylation is 1. The van der Waals surface area contributed by atoms with Crippen molar-refractivity contribution in [3.05, 3.63) is 35.5 Å². The highest BCUT2D eigenvalue weighted by Gasteiger charge is 2.20. The topological polar surface area (TPSA) is 37.2 Å². The summed E-state index contributed by atoms with van der Waals surface area (Å²) in [6, 6.07) is 8.67. The molecule has 1 heterocycles. The molecule has 0 fully saturated rings. The van der Waals surface area contributed by atoms with E-state index in [1.54, 1.807) is 0 Å². The van der Waals surface area contributed by atoms with Gasteiger partial charge in [-0.1, -0.05) is 31.5 Å². The summed E-state index contributed by atoms with van der Waals surface area (Å²) in [4.78, 5) is 0. The Hall–Kier alpha value is -1.32. The van der Waals surface area contributed by atoms with Crippen molar-refractivity contribution in [3.8, 4) is 0 Å². The van der Waals surface area contributed by atoms with Crippen LogP contribution >= 0.6 is 0 Å². The summed E-state index contributed by atoms with van der Waals surface area (Å²) in [5.41, 5.74) is 4.27. The predicted octanol–water partition coefficient (Wildman–Crippen LogP) is 3.27. The minimum atomic E-state index is -0.321. The van der Waals surface area contributed by atoms with Gasteiger partial charge in [0.25, 0.3) is 0 Å². The molecule has 1 aliphatic carbocycles. The second kappa shape index (κ2) is 7.30. The third kappa shape index (κ3) is 3.21. The van der Waals surface area contributed by atoms with E-state index in [0.29, 0.717) is 13.1 Å². The van der Waals surface area contributed by atoms with E-state index in [9.17, 15) is 5.11 Å². The van der Waals surface area contributed by atoms with Crippen LogP contribution in [0.3, 0.4) is 0 Å². The number of hydrogen-bond donors (Lipinski definition) is 2. The second-order valence-corrected chi connectivity index (χ2v) is 6.47. The molecular weight excluding hydrogens is 272 g/mol. The number of aromatic nitrogens is 1. The lowest BCUT2D eigenvalue weighted by molar-refractivity contribution is 0.152. The summed E-state index contributed by atoms with van der Waals surface area (Å²) >= 11 is 0.